The quantitative estimate of drug-likeness (QED) is 0.907. The zero-order chi connectivity index (χ0) is 14.5. The van der Waals surface area contributed by atoms with Gasteiger partial charge in [-0.05, 0) is 73.5 Å². The van der Waals surface area contributed by atoms with Crippen molar-refractivity contribution in [3.8, 4) is 17.1 Å². The lowest BCUT2D eigenvalue weighted by atomic mass is 9.98. The first kappa shape index (κ1) is 14.0. The van der Waals surface area contributed by atoms with Gasteiger partial charge in [0, 0.05) is 12.1 Å². The number of hydrogen-bond acceptors (Lipinski definition) is 5. The standard InChI is InChI=1S/C15H21N5O/c1-2-21-14-5-3-13(4-6-14)15-17-18-19-20(15)11-12-7-9-16-10-8-12/h3-6,12,16H,2,7-11H2,1H3. The van der Waals surface area contributed by atoms with Crippen LogP contribution in [0.2, 0.25) is 0 Å². The molecule has 112 valence electrons. The number of benzene rings is 1. The molecular formula is C15H21N5O. The summed E-state index contributed by atoms with van der Waals surface area (Å²) in [5, 5.41) is 15.5. The molecule has 3 rings (SSSR count). The molecule has 21 heavy (non-hydrogen) atoms. The van der Waals surface area contributed by atoms with Crippen LogP contribution in [0.5, 0.6) is 5.75 Å². The van der Waals surface area contributed by atoms with E-state index in [1.165, 1.54) is 12.8 Å². The van der Waals surface area contributed by atoms with E-state index in [9.17, 15) is 0 Å². The summed E-state index contributed by atoms with van der Waals surface area (Å²) >= 11 is 0. The Balaban J connectivity index is 1.74. The maximum Gasteiger partial charge on any atom is 0.182 e. The van der Waals surface area contributed by atoms with Crippen LogP contribution >= 0.6 is 0 Å². The number of nitrogens with one attached hydrogen (secondary N) is 1. The first-order valence-electron chi connectivity index (χ1n) is 7.57. The van der Waals surface area contributed by atoms with E-state index in [1.54, 1.807) is 0 Å². The normalized spacial score (nSPS) is 16.0. The van der Waals surface area contributed by atoms with Crippen molar-refractivity contribution in [2.24, 2.45) is 5.92 Å². The fourth-order valence-electron chi connectivity index (χ4n) is 2.71. The topological polar surface area (TPSA) is 64.9 Å². The van der Waals surface area contributed by atoms with Gasteiger partial charge < -0.3 is 10.1 Å². The molecule has 1 aromatic heterocycles. The average Bonchev–Trinajstić information content (AvgIpc) is 2.98. The highest BCUT2D eigenvalue weighted by molar-refractivity contribution is 5.55. The Bertz CT molecular complexity index is 560. The zero-order valence-electron chi connectivity index (χ0n) is 12.3. The predicted molar refractivity (Wildman–Crippen MR) is 80.0 cm³/mol. The van der Waals surface area contributed by atoms with Gasteiger partial charge in [-0.3, -0.25) is 0 Å². The number of ether oxygens (including phenoxy) is 1. The molecule has 1 aliphatic rings. The Hall–Kier alpha value is -1.95. The zero-order valence-corrected chi connectivity index (χ0v) is 12.3. The largest absolute Gasteiger partial charge is 0.494 e. The van der Waals surface area contributed by atoms with Gasteiger partial charge in [0.05, 0.1) is 6.61 Å². The Morgan fingerprint density at radius 3 is 2.71 bits per heavy atom. The maximum absolute atomic E-state index is 5.46. The van der Waals surface area contributed by atoms with Crippen molar-refractivity contribution in [2.45, 2.75) is 26.3 Å². The van der Waals surface area contributed by atoms with E-state index in [2.05, 4.69) is 20.8 Å². The SMILES string of the molecule is CCOc1ccc(-c2nnnn2CC2CCNCC2)cc1. The van der Waals surface area contributed by atoms with E-state index in [1.807, 2.05) is 35.9 Å². The third kappa shape index (κ3) is 3.39. The van der Waals surface area contributed by atoms with Gasteiger partial charge in [0.1, 0.15) is 5.75 Å². The highest BCUT2D eigenvalue weighted by Gasteiger charge is 2.17. The number of hydrogen-bond donors (Lipinski definition) is 1. The minimum absolute atomic E-state index is 0.649. The molecule has 1 aliphatic heterocycles. The molecule has 0 amide bonds. The second-order valence-corrected chi connectivity index (χ2v) is 5.34. The van der Waals surface area contributed by atoms with Crippen LogP contribution in [0, 0.1) is 5.92 Å². The summed E-state index contributed by atoms with van der Waals surface area (Å²) in [7, 11) is 0. The number of piperidine rings is 1. The molecule has 0 saturated carbocycles. The van der Waals surface area contributed by atoms with Crippen LogP contribution in [-0.2, 0) is 6.54 Å². The summed E-state index contributed by atoms with van der Waals surface area (Å²) in [6.07, 6.45) is 2.37. The first-order chi connectivity index (χ1) is 10.4. The van der Waals surface area contributed by atoms with Crippen molar-refractivity contribution < 1.29 is 4.74 Å². The molecule has 2 heterocycles. The van der Waals surface area contributed by atoms with Crippen LogP contribution in [0.4, 0.5) is 0 Å². The van der Waals surface area contributed by atoms with E-state index >= 15 is 0 Å². The Morgan fingerprint density at radius 1 is 1.24 bits per heavy atom. The number of tetrazole rings is 1. The third-order valence-corrected chi connectivity index (χ3v) is 3.85. The van der Waals surface area contributed by atoms with Crippen LogP contribution in [0.3, 0.4) is 0 Å². The smallest absolute Gasteiger partial charge is 0.182 e. The van der Waals surface area contributed by atoms with Crippen LogP contribution in [0.25, 0.3) is 11.4 Å². The molecule has 1 fully saturated rings. The second kappa shape index (κ2) is 6.67. The van der Waals surface area contributed by atoms with Gasteiger partial charge in [-0.1, -0.05) is 0 Å². The van der Waals surface area contributed by atoms with Gasteiger partial charge >= 0.3 is 0 Å². The van der Waals surface area contributed by atoms with Crippen LogP contribution in [0.1, 0.15) is 19.8 Å². The number of nitrogens with zero attached hydrogens (tertiary/aromatic N) is 4. The predicted octanol–water partition coefficient (Wildman–Crippen LogP) is 1.74. The number of aromatic nitrogens is 4. The van der Waals surface area contributed by atoms with Crippen LogP contribution in [0.15, 0.2) is 24.3 Å². The van der Waals surface area contributed by atoms with E-state index < -0.39 is 0 Å². The van der Waals surface area contributed by atoms with Crippen molar-refractivity contribution in [2.75, 3.05) is 19.7 Å². The molecule has 0 radical (unpaired) electrons. The van der Waals surface area contributed by atoms with E-state index in [4.69, 9.17) is 4.74 Å². The fraction of sp³-hybridized carbons (Fsp3) is 0.533. The van der Waals surface area contributed by atoms with Gasteiger partial charge in [-0.25, -0.2) is 4.68 Å². The molecule has 0 unspecified atom stereocenters. The molecule has 1 N–H and O–H groups in total. The van der Waals surface area contributed by atoms with Gasteiger partial charge in [0.15, 0.2) is 5.82 Å². The van der Waals surface area contributed by atoms with Crippen LogP contribution < -0.4 is 10.1 Å². The summed E-state index contributed by atoms with van der Waals surface area (Å²) in [6, 6.07) is 7.94. The summed E-state index contributed by atoms with van der Waals surface area (Å²) in [5.41, 5.74) is 1.03. The molecule has 1 aromatic carbocycles. The molecular weight excluding hydrogens is 266 g/mol. The lowest BCUT2D eigenvalue weighted by molar-refractivity contribution is 0.320. The monoisotopic (exact) mass is 287 g/mol. The van der Waals surface area contributed by atoms with E-state index in [0.717, 1.165) is 36.8 Å². The Morgan fingerprint density at radius 2 is 2.00 bits per heavy atom. The molecule has 6 nitrogen and oxygen atoms in total. The van der Waals surface area contributed by atoms with Gasteiger partial charge in [0.25, 0.3) is 0 Å². The van der Waals surface area contributed by atoms with E-state index in [-0.39, 0.29) is 0 Å². The van der Waals surface area contributed by atoms with Crippen molar-refractivity contribution in [3.63, 3.8) is 0 Å². The van der Waals surface area contributed by atoms with Crippen molar-refractivity contribution in [3.05, 3.63) is 24.3 Å². The third-order valence-electron chi connectivity index (χ3n) is 3.85. The van der Waals surface area contributed by atoms with Crippen LogP contribution in [-0.4, -0.2) is 39.9 Å². The Kier molecular flexibility index (Phi) is 4.45. The average molecular weight is 287 g/mol. The molecule has 6 heteroatoms. The van der Waals surface area contributed by atoms with Crippen molar-refractivity contribution >= 4 is 0 Å². The molecule has 0 spiro atoms. The lowest BCUT2D eigenvalue weighted by Crippen LogP contribution is -2.30. The fourth-order valence-corrected chi connectivity index (χ4v) is 2.71. The molecule has 0 bridgehead atoms. The highest BCUT2D eigenvalue weighted by Crippen LogP contribution is 2.22. The minimum Gasteiger partial charge on any atom is -0.494 e. The highest BCUT2D eigenvalue weighted by atomic mass is 16.5. The van der Waals surface area contributed by atoms with Gasteiger partial charge in [-0.15, -0.1) is 5.10 Å². The van der Waals surface area contributed by atoms with Crippen molar-refractivity contribution in [1.29, 1.82) is 0 Å². The Labute approximate surface area is 124 Å². The molecule has 0 atom stereocenters. The lowest BCUT2D eigenvalue weighted by Gasteiger charge is -2.22. The minimum atomic E-state index is 0.649. The number of rotatable bonds is 5. The van der Waals surface area contributed by atoms with E-state index in [0.29, 0.717) is 12.5 Å². The second-order valence-electron chi connectivity index (χ2n) is 5.34. The summed E-state index contributed by atoms with van der Waals surface area (Å²) < 4.78 is 7.39. The summed E-state index contributed by atoms with van der Waals surface area (Å²) in [4.78, 5) is 0. The van der Waals surface area contributed by atoms with Gasteiger partial charge in [-0.2, -0.15) is 0 Å². The van der Waals surface area contributed by atoms with Gasteiger partial charge in [0.2, 0.25) is 0 Å². The molecule has 0 aliphatic carbocycles. The first-order valence-corrected chi connectivity index (χ1v) is 7.57. The summed E-state index contributed by atoms with van der Waals surface area (Å²) in [6.45, 7) is 5.72. The molecule has 1 saturated heterocycles. The van der Waals surface area contributed by atoms with Crippen molar-refractivity contribution in [1.82, 2.24) is 25.5 Å². The summed E-state index contributed by atoms with van der Waals surface area (Å²) in [5.74, 6) is 2.35. The maximum atomic E-state index is 5.46. The molecule has 2 aromatic rings.